The molecule has 2 rings (SSSR count). The van der Waals surface area contributed by atoms with Gasteiger partial charge in [0.15, 0.2) is 0 Å². The van der Waals surface area contributed by atoms with Crippen molar-refractivity contribution in [1.29, 1.82) is 5.41 Å². The van der Waals surface area contributed by atoms with Crippen molar-refractivity contribution in [2.75, 3.05) is 0 Å². The van der Waals surface area contributed by atoms with E-state index in [-0.39, 0.29) is 5.84 Å². The molecule has 0 radical (unpaired) electrons. The Kier molecular flexibility index (Phi) is 4.45. The zero-order valence-electron chi connectivity index (χ0n) is 9.99. The summed E-state index contributed by atoms with van der Waals surface area (Å²) in [5.41, 5.74) is 7.11. The lowest BCUT2D eigenvalue weighted by molar-refractivity contribution is 0.304. The molecule has 2 aromatic rings. The SMILES string of the molecule is N=C(N)c1ccc(COc2ccc(Cl)cc2Br)cc1. The molecule has 0 aliphatic rings. The Morgan fingerprint density at radius 2 is 1.89 bits per heavy atom. The molecular formula is C14H12BrClN2O. The first-order valence-corrected chi connectivity index (χ1v) is 6.74. The molecule has 3 nitrogen and oxygen atoms in total. The number of benzene rings is 2. The highest BCUT2D eigenvalue weighted by molar-refractivity contribution is 9.10. The fourth-order valence-corrected chi connectivity index (χ4v) is 2.33. The maximum atomic E-state index is 7.32. The van der Waals surface area contributed by atoms with E-state index >= 15 is 0 Å². The van der Waals surface area contributed by atoms with Gasteiger partial charge in [0.05, 0.1) is 4.47 Å². The minimum absolute atomic E-state index is 0.0629. The number of nitrogen functional groups attached to an aromatic ring is 1. The average Bonchev–Trinajstić information content (AvgIpc) is 2.38. The molecule has 19 heavy (non-hydrogen) atoms. The van der Waals surface area contributed by atoms with Gasteiger partial charge in [0, 0.05) is 10.6 Å². The number of rotatable bonds is 4. The normalized spacial score (nSPS) is 10.2. The van der Waals surface area contributed by atoms with Crippen LogP contribution in [0.5, 0.6) is 5.75 Å². The van der Waals surface area contributed by atoms with Gasteiger partial charge in [-0.05, 0) is 39.7 Å². The van der Waals surface area contributed by atoms with Crippen molar-refractivity contribution in [2.45, 2.75) is 6.61 Å². The summed E-state index contributed by atoms with van der Waals surface area (Å²) in [6, 6.07) is 12.8. The lowest BCUT2D eigenvalue weighted by Crippen LogP contribution is -2.10. The van der Waals surface area contributed by atoms with Crippen LogP contribution in [-0.4, -0.2) is 5.84 Å². The van der Waals surface area contributed by atoms with E-state index in [4.69, 9.17) is 27.5 Å². The Morgan fingerprint density at radius 1 is 1.21 bits per heavy atom. The topological polar surface area (TPSA) is 59.1 Å². The van der Waals surface area contributed by atoms with Crippen molar-refractivity contribution < 1.29 is 4.74 Å². The lowest BCUT2D eigenvalue weighted by Gasteiger charge is -2.09. The number of nitrogens with two attached hydrogens (primary N) is 1. The van der Waals surface area contributed by atoms with Crippen LogP contribution in [-0.2, 0) is 6.61 Å². The van der Waals surface area contributed by atoms with Crippen molar-refractivity contribution in [3.8, 4) is 5.75 Å². The molecule has 0 bridgehead atoms. The Bertz CT molecular complexity index is 599. The van der Waals surface area contributed by atoms with Crippen molar-refractivity contribution in [3.63, 3.8) is 0 Å². The van der Waals surface area contributed by atoms with Crippen LogP contribution in [0.1, 0.15) is 11.1 Å². The van der Waals surface area contributed by atoms with Crippen LogP contribution < -0.4 is 10.5 Å². The standard InChI is InChI=1S/C14H12BrClN2O/c15-12-7-11(16)5-6-13(12)19-8-9-1-3-10(4-2-9)14(17)18/h1-7H,8H2,(H3,17,18). The predicted octanol–water partition coefficient (Wildman–Crippen LogP) is 3.97. The molecule has 0 atom stereocenters. The van der Waals surface area contributed by atoms with Crippen LogP contribution in [0.2, 0.25) is 5.02 Å². The summed E-state index contributed by atoms with van der Waals surface area (Å²) >= 11 is 9.26. The summed E-state index contributed by atoms with van der Waals surface area (Å²) in [5, 5.41) is 7.98. The van der Waals surface area contributed by atoms with Gasteiger partial charge in [0.2, 0.25) is 0 Å². The minimum atomic E-state index is 0.0629. The highest BCUT2D eigenvalue weighted by Crippen LogP contribution is 2.28. The minimum Gasteiger partial charge on any atom is -0.488 e. The Hall–Kier alpha value is -1.52. The first kappa shape index (κ1) is 13.9. The second-order valence-electron chi connectivity index (χ2n) is 3.97. The van der Waals surface area contributed by atoms with E-state index in [9.17, 15) is 0 Å². The molecule has 0 saturated carbocycles. The van der Waals surface area contributed by atoms with Crippen LogP contribution in [0.15, 0.2) is 46.9 Å². The number of halogens is 2. The fraction of sp³-hybridized carbons (Fsp3) is 0.0714. The van der Waals surface area contributed by atoms with Gasteiger partial charge in [-0.1, -0.05) is 35.9 Å². The monoisotopic (exact) mass is 338 g/mol. The smallest absolute Gasteiger partial charge is 0.134 e. The van der Waals surface area contributed by atoms with Crippen molar-refractivity contribution in [3.05, 3.63) is 63.1 Å². The van der Waals surface area contributed by atoms with Crippen molar-refractivity contribution in [1.82, 2.24) is 0 Å². The predicted molar refractivity (Wildman–Crippen MR) is 80.9 cm³/mol. The van der Waals surface area contributed by atoms with E-state index in [2.05, 4.69) is 15.9 Å². The van der Waals surface area contributed by atoms with Gasteiger partial charge in [-0.2, -0.15) is 0 Å². The van der Waals surface area contributed by atoms with E-state index in [0.29, 0.717) is 17.2 Å². The van der Waals surface area contributed by atoms with Crippen LogP contribution in [0, 0.1) is 5.41 Å². The molecule has 0 aromatic heterocycles. The summed E-state index contributed by atoms with van der Waals surface area (Å²) in [5.74, 6) is 0.799. The largest absolute Gasteiger partial charge is 0.488 e. The highest BCUT2D eigenvalue weighted by Gasteiger charge is 2.03. The van der Waals surface area contributed by atoms with Crippen LogP contribution in [0.3, 0.4) is 0 Å². The number of nitrogens with one attached hydrogen (secondary N) is 1. The molecule has 3 N–H and O–H groups in total. The van der Waals surface area contributed by atoms with Crippen molar-refractivity contribution in [2.24, 2.45) is 5.73 Å². The zero-order chi connectivity index (χ0) is 13.8. The summed E-state index contributed by atoms with van der Waals surface area (Å²) in [6.45, 7) is 0.443. The average molecular weight is 340 g/mol. The Morgan fingerprint density at radius 3 is 2.47 bits per heavy atom. The van der Waals surface area contributed by atoms with E-state index in [1.165, 1.54) is 0 Å². The maximum Gasteiger partial charge on any atom is 0.134 e. The quantitative estimate of drug-likeness (QED) is 0.654. The van der Waals surface area contributed by atoms with Crippen molar-refractivity contribution >= 4 is 33.4 Å². The molecule has 0 fully saturated rings. The third-order valence-corrected chi connectivity index (χ3v) is 3.41. The highest BCUT2D eigenvalue weighted by atomic mass is 79.9. The molecule has 5 heteroatoms. The van der Waals surface area contributed by atoms with Crippen LogP contribution in [0.4, 0.5) is 0 Å². The molecular weight excluding hydrogens is 328 g/mol. The number of amidine groups is 1. The summed E-state index contributed by atoms with van der Waals surface area (Å²) in [4.78, 5) is 0. The molecule has 0 spiro atoms. The summed E-state index contributed by atoms with van der Waals surface area (Å²) in [7, 11) is 0. The van der Waals surface area contributed by atoms with E-state index < -0.39 is 0 Å². The van der Waals surface area contributed by atoms with Gasteiger partial charge in [-0.3, -0.25) is 5.41 Å². The van der Waals surface area contributed by atoms with Gasteiger partial charge in [-0.15, -0.1) is 0 Å². The molecule has 0 unspecified atom stereocenters. The first-order chi connectivity index (χ1) is 9.06. The molecule has 0 aliphatic carbocycles. The zero-order valence-corrected chi connectivity index (χ0v) is 12.3. The number of hydrogen-bond donors (Lipinski definition) is 2. The summed E-state index contributed by atoms with van der Waals surface area (Å²) < 4.78 is 6.51. The van der Waals surface area contributed by atoms with E-state index in [1.54, 1.807) is 24.3 Å². The third kappa shape index (κ3) is 3.72. The Labute approximate surface area is 125 Å². The van der Waals surface area contributed by atoms with Crippen LogP contribution >= 0.6 is 27.5 Å². The van der Waals surface area contributed by atoms with Gasteiger partial charge in [-0.25, -0.2) is 0 Å². The molecule has 0 amide bonds. The molecule has 0 aliphatic heterocycles. The van der Waals surface area contributed by atoms with Crippen LogP contribution in [0.25, 0.3) is 0 Å². The number of hydrogen-bond acceptors (Lipinski definition) is 2. The first-order valence-electron chi connectivity index (χ1n) is 5.57. The van der Waals surface area contributed by atoms with Gasteiger partial charge >= 0.3 is 0 Å². The summed E-state index contributed by atoms with van der Waals surface area (Å²) in [6.07, 6.45) is 0. The fourth-order valence-electron chi connectivity index (χ4n) is 1.53. The molecule has 2 aromatic carbocycles. The van der Waals surface area contributed by atoms with E-state index in [0.717, 1.165) is 15.8 Å². The Balaban J connectivity index is 2.04. The van der Waals surface area contributed by atoms with Gasteiger partial charge < -0.3 is 10.5 Å². The molecule has 98 valence electrons. The second-order valence-corrected chi connectivity index (χ2v) is 5.26. The number of ether oxygens (including phenoxy) is 1. The van der Waals surface area contributed by atoms with Gasteiger partial charge in [0.1, 0.15) is 18.2 Å². The third-order valence-electron chi connectivity index (χ3n) is 2.55. The maximum absolute atomic E-state index is 7.32. The molecule has 0 heterocycles. The second kappa shape index (κ2) is 6.08. The molecule has 0 saturated heterocycles. The van der Waals surface area contributed by atoms with Gasteiger partial charge in [0.25, 0.3) is 0 Å². The van der Waals surface area contributed by atoms with E-state index in [1.807, 2.05) is 18.2 Å². The lowest BCUT2D eigenvalue weighted by atomic mass is 10.1.